The summed E-state index contributed by atoms with van der Waals surface area (Å²) in [6.45, 7) is 6.21. The molecule has 1 heterocycles. The lowest BCUT2D eigenvalue weighted by Gasteiger charge is -2.34. The Morgan fingerprint density at radius 3 is 2.86 bits per heavy atom. The van der Waals surface area contributed by atoms with Gasteiger partial charge in [0.1, 0.15) is 0 Å². The summed E-state index contributed by atoms with van der Waals surface area (Å²) in [5.41, 5.74) is 1.68. The molecule has 0 spiro atoms. The molecule has 1 saturated heterocycles. The van der Waals surface area contributed by atoms with E-state index in [0.717, 1.165) is 32.5 Å². The second-order valence-corrected chi connectivity index (χ2v) is 5.41. The first kappa shape index (κ1) is 10.2. The number of aliphatic hydroxyl groups excluding tert-OH is 1. The first-order valence-corrected chi connectivity index (χ1v) is 5.53. The van der Waals surface area contributed by atoms with Crippen LogP contribution in [0.4, 0.5) is 0 Å². The predicted molar refractivity (Wildman–Crippen MR) is 56.0 cm³/mol. The molecule has 1 N–H and O–H groups in total. The van der Waals surface area contributed by atoms with Crippen molar-refractivity contribution in [2.45, 2.75) is 39.2 Å². The van der Waals surface area contributed by atoms with Crippen LogP contribution in [-0.4, -0.2) is 24.4 Å². The van der Waals surface area contributed by atoms with Crippen molar-refractivity contribution < 1.29 is 9.84 Å². The standard InChI is InChI=1S/C12H20O2/c1-12(2)6-10(5-11(13)7-12)9-3-4-14-8-9/h5,9,11,13H,3-4,6-8H2,1-2H3. The third-order valence-electron chi connectivity index (χ3n) is 3.30. The van der Waals surface area contributed by atoms with Gasteiger partial charge in [-0.05, 0) is 24.7 Å². The summed E-state index contributed by atoms with van der Waals surface area (Å²) in [5, 5.41) is 9.76. The number of rotatable bonds is 1. The molecule has 2 heteroatoms. The van der Waals surface area contributed by atoms with Crippen molar-refractivity contribution in [3.05, 3.63) is 11.6 Å². The summed E-state index contributed by atoms with van der Waals surface area (Å²) in [7, 11) is 0. The van der Waals surface area contributed by atoms with Crippen molar-refractivity contribution in [1.29, 1.82) is 0 Å². The quantitative estimate of drug-likeness (QED) is 0.651. The average molecular weight is 196 g/mol. The van der Waals surface area contributed by atoms with Crippen LogP contribution in [-0.2, 0) is 4.74 Å². The fourth-order valence-corrected chi connectivity index (χ4v) is 2.66. The summed E-state index contributed by atoms with van der Waals surface area (Å²) < 4.78 is 5.39. The van der Waals surface area contributed by atoms with Crippen molar-refractivity contribution >= 4 is 0 Å². The van der Waals surface area contributed by atoms with E-state index >= 15 is 0 Å². The number of hydrogen-bond donors (Lipinski definition) is 1. The average Bonchev–Trinajstić information content (AvgIpc) is 2.51. The van der Waals surface area contributed by atoms with E-state index in [1.165, 1.54) is 5.57 Å². The highest BCUT2D eigenvalue weighted by Gasteiger charge is 2.31. The van der Waals surface area contributed by atoms with E-state index < -0.39 is 0 Å². The zero-order valence-electron chi connectivity index (χ0n) is 9.12. The Hall–Kier alpha value is -0.340. The first-order valence-electron chi connectivity index (χ1n) is 5.53. The van der Waals surface area contributed by atoms with Gasteiger partial charge in [-0.3, -0.25) is 0 Å². The van der Waals surface area contributed by atoms with Crippen LogP contribution >= 0.6 is 0 Å². The molecule has 1 aliphatic carbocycles. The zero-order chi connectivity index (χ0) is 10.2. The van der Waals surface area contributed by atoms with Gasteiger partial charge < -0.3 is 9.84 Å². The largest absolute Gasteiger partial charge is 0.389 e. The van der Waals surface area contributed by atoms with E-state index in [4.69, 9.17) is 4.74 Å². The molecule has 1 fully saturated rings. The van der Waals surface area contributed by atoms with Crippen LogP contribution in [0.3, 0.4) is 0 Å². The fraction of sp³-hybridized carbons (Fsp3) is 0.833. The van der Waals surface area contributed by atoms with Crippen molar-refractivity contribution in [2.24, 2.45) is 11.3 Å². The van der Waals surface area contributed by atoms with Gasteiger partial charge in [-0.2, -0.15) is 0 Å². The molecule has 0 aromatic heterocycles. The number of aliphatic hydroxyl groups is 1. The number of hydrogen-bond acceptors (Lipinski definition) is 2. The van der Waals surface area contributed by atoms with Gasteiger partial charge in [0.05, 0.1) is 12.7 Å². The van der Waals surface area contributed by atoms with Crippen molar-refractivity contribution in [3.8, 4) is 0 Å². The van der Waals surface area contributed by atoms with Crippen molar-refractivity contribution in [2.75, 3.05) is 13.2 Å². The lowest BCUT2D eigenvalue weighted by Crippen LogP contribution is -2.27. The van der Waals surface area contributed by atoms with Crippen LogP contribution in [0.2, 0.25) is 0 Å². The van der Waals surface area contributed by atoms with Gasteiger partial charge in [0, 0.05) is 12.5 Å². The summed E-state index contributed by atoms with van der Waals surface area (Å²) in [4.78, 5) is 0. The molecule has 2 atom stereocenters. The first-order chi connectivity index (χ1) is 6.57. The molecule has 0 aromatic rings. The third-order valence-corrected chi connectivity index (χ3v) is 3.30. The fourth-order valence-electron chi connectivity index (χ4n) is 2.66. The Morgan fingerprint density at radius 2 is 2.29 bits per heavy atom. The SMILES string of the molecule is CC1(C)CC(C2CCOC2)=CC(O)C1. The minimum Gasteiger partial charge on any atom is -0.389 e. The molecule has 0 saturated carbocycles. The van der Waals surface area contributed by atoms with E-state index in [1.54, 1.807) is 0 Å². The summed E-state index contributed by atoms with van der Waals surface area (Å²) in [6.07, 6.45) is 4.97. The monoisotopic (exact) mass is 196 g/mol. The molecule has 0 bridgehead atoms. The maximum absolute atomic E-state index is 9.76. The third kappa shape index (κ3) is 2.18. The molecule has 0 amide bonds. The molecule has 80 valence electrons. The smallest absolute Gasteiger partial charge is 0.0728 e. The highest BCUT2D eigenvalue weighted by atomic mass is 16.5. The zero-order valence-corrected chi connectivity index (χ0v) is 9.12. The Kier molecular flexibility index (Phi) is 2.67. The van der Waals surface area contributed by atoms with Gasteiger partial charge >= 0.3 is 0 Å². The number of ether oxygens (including phenoxy) is 1. The topological polar surface area (TPSA) is 29.5 Å². The maximum Gasteiger partial charge on any atom is 0.0728 e. The molecule has 14 heavy (non-hydrogen) atoms. The molecular weight excluding hydrogens is 176 g/mol. The molecule has 0 radical (unpaired) electrons. The molecular formula is C12H20O2. The molecule has 2 unspecified atom stereocenters. The van der Waals surface area contributed by atoms with Gasteiger partial charge in [0.15, 0.2) is 0 Å². The van der Waals surface area contributed by atoms with Gasteiger partial charge in [-0.1, -0.05) is 25.5 Å². The highest BCUT2D eigenvalue weighted by molar-refractivity contribution is 5.16. The van der Waals surface area contributed by atoms with Crippen LogP contribution < -0.4 is 0 Å². The van der Waals surface area contributed by atoms with Crippen LogP contribution in [0.5, 0.6) is 0 Å². The minimum atomic E-state index is -0.241. The second kappa shape index (κ2) is 3.67. The lowest BCUT2D eigenvalue weighted by molar-refractivity contribution is 0.132. The van der Waals surface area contributed by atoms with E-state index in [2.05, 4.69) is 19.9 Å². The molecule has 1 aliphatic heterocycles. The predicted octanol–water partition coefficient (Wildman–Crippen LogP) is 2.13. The Labute approximate surface area is 86.0 Å². The van der Waals surface area contributed by atoms with Crippen LogP contribution in [0.15, 0.2) is 11.6 Å². The van der Waals surface area contributed by atoms with E-state index in [1.807, 2.05) is 0 Å². The normalized spacial score (nSPS) is 36.9. The van der Waals surface area contributed by atoms with Gasteiger partial charge in [-0.15, -0.1) is 0 Å². The summed E-state index contributed by atoms with van der Waals surface area (Å²) >= 11 is 0. The van der Waals surface area contributed by atoms with Gasteiger partial charge in [0.25, 0.3) is 0 Å². The molecule has 2 aliphatic rings. The lowest BCUT2D eigenvalue weighted by atomic mass is 9.73. The Morgan fingerprint density at radius 1 is 1.50 bits per heavy atom. The molecule has 0 aromatic carbocycles. The van der Waals surface area contributed by atoms with Gasteiger partial charge in [0.2, 0.25) is 0 Å². The minimum absolute atomic E-state index is 0.241. The summed E-state index contributed by atoms with van der Waals surface area (Å²) in [5.74, 6) is 0.573. The maximum atomic E-state index is 9.76. The Balaban J connectivity index is 2.10. The summed E-state index contributed by atoms with van der Waals surface area (Å²) in [6, 6.07) is 0. The van der Waals surface area contributed by atoms with Crippen LogP contribution in [0.1, 0.15) is 33.1 Å². The van der Waals surface area contributed by atoms with E-state index in [0.29, 0.717) is 5.92 Å². The molecule has 2 nitrogen and oxygen atoms in total. The van der Waals surface area contributed by atoms with Crippen molar-refractivity contribution in [3.63, 3.8) is 0 Å². The van der Waals surface area contributed by atoms with E-state index in [9.17, 15) is 5.11 Å². The van der Waals surface area contributed by atoms with Crippen molar-refractivity contribution in [1.82, 2.24) is 0 Å². The van der Waals surface area contributed by atoms with E-state index in [-0.39, 0.29) is 11.5 Å². The Bertz CT molecular complexity index is 237. The van der Waals surface area contributed by atoms with Crippen LogP contribution in [0.25, 0.3) is 0 Å². The molecule has 2 rings (SSSR count). The van der Waals surface area contributed by atoms with Gasteiger partial charge in [-0.25, -0.2) is 0 Å². The highest BCUT2D eigenvalue weighted by Crippen LogP contribution is 2.39. The van der Waals surface area contributed by atoms with Crippen LogP contribution in [0, 0.1) is 11.3 Å². The second-order valence-electron chi connectivity index (χ2n) is 5.41.